The van der Waals surface area contributed by atoms with Crippen molar-refractivity contribution in [2.75, 3.05) is 5.32 Å². The highest BCUT2D eigenvalue weighted by molar-refractivity contribution is 6.11. The standard InChI is InChI=1S/C18H14N4O2/c1-10-8-11-9-12(6-7-15(11)19-10)20-18(24)16-13-4-2-3-5-14(13)17(23)22-21-16/h2-9,19H,1H3,(H,20,24)(H,22,23). The van der Waals surface area contributed by atoms with Crippen LogP contribution in [0.15, 0.2) is 53.3 Å². The van der Waals surface area contributed by atoms with Gasteiger partial charge in [-0.3, -0.25) is 9.59 Å². The number of benzene rings is 2. The molecule has 0 radical (unpaired) electrons. The van der Waals surface area contributed by atoms with Gasteiger partial charge in [0.1, 0.15) is 0 Å². The highest BCUT2D eigenvalue weighted by Crippen LogP contribution is 2.21. The molecule has 24 heavy (non-hydrogen) atoms. The van der Waals surface area contributed by atoms with E-state index in [0.717, 1.165) is 16.6 Å². The van der Waals surface area contributed by atoms with Crippen molar-refractivity contribution in [2.24, 2.45) is 0 Å². The Morgan fingerprint density at radius 3 is 2.71 bits per heavy atom. The van der Waals surface area contributed by atoms with E-state index in [-0.39, 0.29) is 17.2 Å². The quantitative estimate of drug-likeness (QED) is 0.530. The third kappa shape index (κ3) is 2.34. The first-order chi connectivity index (χ1) is 11.6. The van der Waals surface area contributed by atoms with Crippen LogP contribution in [-0.2, 0) is 0 Å². The second-order valence-electron chi connectivity index (χ2n) is 5.66. The first kappa shape index (κ1) is 14.2. The van der Waals surface area contributed by atoms with Gasteiger partial charge in [-0.15, -0.1) is 0 Å². The van der Waals surface area contributed by atoms with Gasteiger partial charge in [0.15, 0.2) is 5.69 Å². The monoisotopic (exact) mass is 318 g/mol. The maximum atomic E-state index is 12.6. The Bertz CT molecular complexity index is 1140. The summed E-state index contributed by atoms with van der Waals surface area (Å²) in [4.78, 5) is 27.6. The summed E-state index contributed by atoms with van der Waals surface area (Å²) in [5.41, 5.74) is 2.62. The molecule has 0 aliphatic carbocycles. The summed E-state index contributed by atoms with van der Waals surface area (Å²) in [6.07, 6.45) is 0. The number of amides is 1. The number of hydrogen-bond acceptors (Lipinski definition) is 3. The third-order valence-corrected chi connectivity index (χ3v) is 3.92. The Labute approximate surface area is 136 Å². The minimum absolute atomic E-state index is 0.190. The van der Waals surface area contributed by atoms with Gasteiger partial charge in [-0.1, -0.05) is 18.2 Å². The first-order valence-corrected chi connectivity index (χ1v) is 7.50. The first-order valence-electron chi connectivity index (χ1n) is 7.50. The average molecular weight is 318 g/mol. The van der Waals surface area contributed by atoms with Crippen LogP contribution >= 0.6 is 0 Å². The largest absolute Gasteiger partial charge is 0.359 e. The molecule has 4 aromatic rings. The van der Waals surface area contributed by atoms with Crippen LogP contribution in [0.1, 0.15) is 16.2 Å². The molecule has 0 spiro atoms. The number of nitrogens with zero attached hydrogens (tertiary/aromatic N) is 1. The number of aromatic amines is 2. The van der Waals surface area contributed by atoms with Gasteiger partial charge in [-0.2, -0.15) is 5.10 Å². The zero-order valence-corrected chi connectivity index (χ0v) is 12.9. The van der Waals surface area contributed by atoms with Crippen LogP contribution in [-0.4, -0.2) is 21.1 Å². The SMILES string of the molecule is Cc1cc2cc(NC(=O)c3n[nH]c(=O)c4ccccc34)ccc2[nH]1. The predicted octanol–water partition coefficient (Wildman–Crippen LogP) is 2.97. The summed E-state index contributed by atoms with van der Waals surface area (Å²) in [6, 6.07) is 14.5. The molecule has 6 heteroatoms. The van der Waals surface area contributed by atoms with E-state index >= 15 is 0 Å². The van der Waals surface area contributed by atoms with Gasteiger partial charge in [0, 0.05) is 27.7 Å². The van der Waals surface area contributed by atoms with E-state index < -0.39 is 0 Å². The van der Waals surface area contributed by atoms with Crippen LogP contribution in [0.25, 0.3) is 21.7 Å². The van der Waals surface area contributed by atoms with Crippen LogP contribution in [0.5, 0.6) is 0 Å². The number of rotatable bonds is 2. The smallest absolute Gasteiger partial charge is 0.276 e. The molecule has 0 unspecified atom stereocenters. The molecule has 0 saturated carbocycles. The van der Waals surface area contributed by atoms with Crippen molar-refractivity contribution in [3.05, 3.63) is 70.3 Å². The van der Waals surface area contributed by atoms with Crippen LogP contribution in [0, 0.1) is 6.92 Å². The Morgan fingerprint density at radius 2 is 1.88 bits per heavy atom. The summed E-state index contributed by atoms with van der Waals surface area (Å²) in [5, 5.41) is 11.1. The molecule has 6 nitrogen and oxygen atoms in total. The summed E-state index contributed by atoms with van der Waals surface area (Å²) < 4.78 is 0. The second-order valence-corrected chi connectivity index (χ2v) is 5.66. The van der Waals surface area contributed by atoms with E-state index in [2.05, 4.69) is 20.5 Å². The van der Waals surface area contributed by atoms with Gasteiger partial charge in [-0.25, -0.2) is 5.10 Å². The number of H-pyrrole nitrogens is 2. The van der Waals surface area contributed by atoms with E-state index in [1.165, 1.54) is 0 Å². The van der Waals surface area contributed by atoms with Crippen LogP contribution < -0.4 is 10.9 Å². The fraction of sp³-hybridized carbons (Fsp3) is 0.0556. The molecule has 2 heterocycles. The molecule has 0 bridgehead atoms. The summed E-state index contributed by atoms with van der Waals surface area (Å²) in [6.45, 7) is 1.98. The lowest BCUT2D eigenvalue weighted by atomic mass is 10.1. The minimum Gasteiger partial charge on any atom is -0.359 e. The number of carbonyl (C=O) groups excluding carboxylic acids is 1. The number of carbonyl (C=O) groups is 1. The lowest BCUT2D eigenvalue weighted by Gasteiger charge is -2.07. The molecule has 1 amide bonds. The fourth-order valence-corrected chi connectivity index (χ4v) is 2.83. The molecule has 2 aromatic heterocycles. The molecule has 3 N–H and O–H groups in total. The van der Waals surface area contributed by atoms with Crippen molar-refractivity contribution in [1.29, 1.82) is 0 Å². The van der Waals surface area contributed by atoms with Crippen molar-refractivity contribution in [3.8, 4) is 0 Å². The van der Waals surface area contributed by atoms with Gasteiger partial charge < -0.3 is 10.3 Å². The minimum atomic E-state index is -0.367. The molecule has 0 fully saturated rings. The second kappa shape index (κ2) is 5.34. The summed E-state index contributed by atoms with van der Waals surface area (Å²) in [5.74, 6) is -0.367. The number of hydrogen-bond donors (Lipinski definition) is 3. The van der Waals surface area contributed by atoms with Crippen molar-refractivity contribution < 1.29 is 4.79 Å². The van der Waals surface area contributed by atoms with Crippen molar-refractivity contribution in [1.82, 2.24) is 15.2 Å². The Hall–Kier alpha value is -3.41. The van der Waals surface area contributed by atoms with Crippen LogP contribution in [0.3, 0.4) is 0 Å². The van der Waals surface area contributed by atoms with Crippen LogP contribution in [0.2, 0.25) is 0 Å². The molecule has 0 aliphatic rings. The summed E-state index contributed by atoms with van der Waals surface area (Å²) >= 11 is 0. The maximum Gasteiger partial charge on any atom is 0.276 e. The normalized spacial score (nSPS) is 11.0. The highest BCUT2D eigenvalue weighted by atomic mass is 16.2. The third-order valence-electron chi connectivity index (χ3n) is 3.92. The average Bonchev–Trinajstić information content (AvgIpc) is 2.94. The number of aromatic nitrogens is 3. The van der Waals surface area contributed by atoms with Crippen molar-refractivity contribution in [3.63, 3.8) is 0 Å². The van der Waals surface area contributed by atoms with Crippen LogP contribution in [0.4, 0.5) is 5.69 Å². The van der Waals surface area contributed by atoms with Gasteiger partial charge >= 0.3 is 0 Å². The predicted molar refractivity (Wildman–Crippen MR) is 93.4 cm³/mol. The fourth-order valence-electron chi connectivity index (χ4n) is 2.83. The molecule has 0 aliphatic heterocycles. The molecule has 2 aromatic carbocycles. The Morgan fingerprint density at radius 1 is 1.08 bits per heavy atom. The Balaban J connectivity index is 1.73. The van der Waals surface area contributed by atoms with E-state index in [1.54, 1.807) is 24.3 Å². The number of fused-ring (bicyclic) bond motifs is 2. The van der Waals surface area contributed by atoms with Gasteiger partial charge in [0.25, 0.3) is 11.5 Å². The maximum absolute atomic E-state index is 12.6. The topological polar surface area (TPSA) is 90.6 Å². The number of aryl methyl sites for hydroxylation is 1. The highest BCUT2D eigenvalue weighted by Gasteiger charge is 2.14. The molecule has 4 rings (SSSR count). The van der Waals surface area contributed by atoms with Crippen molar-refractivity contribution in [2.45, 2.75) is 6.92 Å². The molecule has 118 valence electrons. The molecular weight excluding hydrogens is 304 g/mol. The van der Waals surface area contributed by atoms with Gasteiger partial charge in [0.05, 0.1) is 5.39 Å². The van der Waals surface area contributed by atoms with E-state index in [1.807, 2.05) is 31.2 Å². The summed E-state index contributed by atoms with van der Waals surface area (Å²) in [7, 11) is 0. The van der Waals surface area contributed by atoms with Gasteiger partial charge in [0.2, 0.25) is 0 Å². The van der Waals surface area contributed by atoms with E-state index in [4.69, 9.17) is 0 Å². The van der Waals surface area contributed by atoms with E-state index in [9.17, 15) is 9.59 Å². The zero-order chi connectivity index (χ0) is 16.7. The van der Waals surface area contributed by atoms with Gasteiger partial charge in [-0.05, 0) is 37.3 Å². The molecular formula is C18H14N4O2. The molecule has 0 saturated heterocycles. The zero-order valence-electron chi connectivity index (χ0n) is 12.9. The Kier molecular flexibility index (Phi) is 3.16. The van der Waals surface area contributed by atoms with E-state index in [0.29, 0.717) is 16.5 Å². The lowest BCUT2D eigenvalue weighted by Crippen LogP contribution is -2.19. The lowest BCUT2D eigenvalue weighted by molar-refractivity contribution is 0.102. The number of nitrogens with one attached hydrogen (secondary N) is 3. The molecule has 0 atom stereocenters. The van der Waals surface area contributed by atoms with Crippen molar-refractivity contribution >= 4 is 33.3 Å². The number of anilines is 1.